The number of ether oxygens (including phenoxy) is 1. The second kappa shape index (κ2) is 15.0. The molecule has 268 valence electrons. The lowest BCUT2D eigenvalue weighted by molar-refractivity contribution is -0.144. The summed E-state index contributed by atoms with van der Waals surface area (Å²) >= 11 is 0. The fraction of sp³-hybridized carbons (Fsp3) is 0.515. The maximum atomic E-state index is 13.7. The third-order valence-corrected chi connectivity index (χ3v) is 8.91. The van der Waals surface area contributed by atoms with Crippen molar-refractivity contribution >= 4 is 23.6 Å². The normalized spacial score (nSPS) is 23.5. The fourth-order valence-corrected chi connectivity index (χ4v) is 6.54. The van der Waals surface area contributed by atoms with Crippen LogP contribution in [0, 0.1) is 5.92 Å². The molecule has 16 heteroatoms. The lowest BCUT2D eigenvalue weighted by atomic mass is 9.87. The Balaban J connectivity index is 1.64. The van der Waals surface area contributed by atoms with Crippen LogP contribution in [-0.2, 0) is 28.4 Å². The Morgan fingerprint density at radius 1 is 1.00 bits per heavy atom. The summed E-state index contributed by atoms with van der Waals surface area (Å²) in [5.74, 6) is 4.43. The van der Waals surface area contributed by atoms with E-state index in [9.17, 15) is 41.0 Å². The molecule has 1 aliphatic carbocycles. The smallest absolute Gasteiger partial charge is 0.416 e. The molecule has 1 aromatic heterocycles. The first-order valence-electron chi connectivity index (χ1n) is 15.8. The van der Waals surface area contributed by atoms with Crippen LogP contribution in [0.2, 0.25) is 0 Å². The third-order valence-electron chi connectivity index (χ3n) is 8.91. The second-order valence-electron chi connectivity index (χ2n) is 12.7. The topological polar surface area (TPSA) is 125 Å². The number of hydrogen-bond donors (Lipinski definition) is 2. The number of benzene rings is 1. The van der Waals surface area contributed by atoms with E-state index in [-0.39, 0.29) is 37.0 Å². The lowest BCUT2D eigenvalue weighted by Gasteiger charge is -2.46. The van der Waals surface area contributed by atoms with Gasteiger partial charge in [-0.25, -0.2) is 20.6 Å². The second-order valence-corrected chi connectivity index (χ2v) is 12.7. The zero-order chi connectivity index (χ0) is 36.3. The number of piperidine rings is 1. The molecule has 1 aromatic carbocycles. The number of alkyl halides is 6. The van der Waals surface area contributed by atoms with E-state index in [0.717, 1.165) is 0 Å². The van der Waals surface area contributed by atoms with Crippen LogP contribution in [0.15, 0.2) is 49.4 Å². The molecule has 0 bridgehead atoms. The van der Waals surface area contributed by atoms with Gasteiger partial charge in [0.25, 0.3) is 0 Å². The minimum absolute atomic E-state index is 0.0647. The van der Waals surface area contributed by atoms with Gasteiger partial charge in [0.05, 0.1) is 17.0 Å². The molecule has 2 aromatic rings. The number of carbonyl (C=O) groups excluding carboxylic acids is 1. The first-order chi connectivity index (χ1) is 22.9. The average molecular weight is 699 g/mol. The number of aliphatic carboxylic acids is 1. The van der Waals surface area contributed by atoms with Gasteiger partial charge in [0.15, 0.2) is 0 Å². The number of amides is 1. The quantitative estimate of drug-likeness (QED) is 0.125. The van der Waals surface area contributed by atoms with Gasteiger partial charge in [-0.3, -0.25) is 4.79 Å². The Hall–Kier alpha value is -4.34. The van der Waals surface area contributed by atoms with E-state index in [1.54, 1.807) is 36.9 Å². The highest BCUT2D eigenvalue weighted by Crippen LogP contribution is 2.38. The number of carboxylic acid groups (broad SMARTS) is 1. The number of allylic oxidation sites excluding steroid dienone is 2. The Morgan fingerprint density at radius 2 is 1.53 bits per heavy atom. The van der Waals surface area contributed by atoms with Crippen molar-refractivity contribution in [2.75, 3.05) is 11.9 Å². The van der Waals surface area contributed by atoms with Gasteiger partial charge in [-0.05, 0) is 76.1 Å². The number of rotatable bonds is 9. The molecule has 1 amide bonds. The Kier molecular flexibility index (Phi) is 11.5. The van der Waals surface area contributed by atoms with Crippen molar-refractivity contribution < 1.29 is 45.8 Å². The molecule has 49 heavy (non-hydrogen) atoms. The number of carbonyl (C=O) groups is 2. The zero-order valence-electron chi connectivity index (χ0n) is 27.3. The van der Waals surface area contributed by atoms with E-state index < -0.39 is 65.7 Å². The van der Waals surface area contributed by atoms with E-state index in [2.05, 4.69) is 16.5 Å². The highest BCUT2D eigenvalue weighted by Gasteiger charge is 2.41. The molecular weight excluding hydrogens is 658 g/mol. The molecule has 3 atom stereocenters. The number of hydrogen-bond acceptors (Lipinski definition) is 8. The Bertz CT molecular complexity index is 1480. The maximum Gasteiger partial charge on any atom is 0.416 e. The van der Waals surface area contributed by atoms with Crippen LogP contribution in [0.3, 0.4) is 0 Å². The van der Waals surface area contributed by atoms with Gasteiger partial charge >= 0.3 is 24.4 Å². The molecule has 2 heterocycles. The third kappa shape index (κ3) is 9.43. The monoisotopic (exact) mass is 698 g/mol. The van der Waals surface area contributed by atoms with Gasteiger partial charge in [0.1, 0.15) is 6.10 Å². The van der Waals surface area contributed by atoms with Crippen molar-refractivity contribution in [3.8, 4) is 0 Å². The summed E-state index contributed by atoms with van der Waals surface area (Å²) in [5, 5.41) is 10.6. The van der Waals surface area contributed by atoms with Crippen LogP contribution < -0.4 is 10.7 Å². The van der Waals surface area contributed by atoms with Crippen LogP contribution in [0.5, 0.6) is 0 Å². The van der Waals surface area contributed by atoms with Crippen molar-refractivity contribution in [2.45, 2.75) is 95.5 Å². The zero-order valence-corrected chi connectivity index (χ0v) is 27.3. The molecule has 1 aliphatic heterocycles. The van der Waals surface area contributed by atoms with Crippen molar-refractivity contribution in [1.29, 1.82) is 0 Å². The number of carboxylic acids is 1. The highest BCUT2D eigenvalue weighted by molar-refractivity contribution is 5.72. The van der Waals surface area contributed by atoms with Crippen molar-refractivity contribution in [3.05, 3.63) is 71.7 Å². The van der Waals surface area contributed by atoms with Gasteiger partial charge in [-0.15, -0.1) is 0 Å². The minimum atomic E-state index is -5.02. The van der Waals surface area contributed by atoms with Gasteiger partial charge in [-0.2, -0.15) is 26.3 Å². The molecule has 0 spiro atoms. The van der Waals surface area contributed by atoms with E-state index >= 15 is 0 Å². The first kappa shape index (κ1) is 37.5. The summed E-state index contributed by atoms with van der Waals surface area (Å²) in [6.45, 7) is 6.93. The molecule has 2 aliphatic rings. The summed E-state index contributed by atoms with van der Waals surface area (Å²) < 4.78 is 88.1. The molecule has 4 rings (SSSR count). The number of nitrogens with zero attached hydrogens (tertiary/aromatic N) is 5. The molecule has 2 fully saturated rings. The van der Waals surface area contributed by atoms with Gasteiger partial charge in [-0.1, -0.05) is 12.7 Å². The van der Waals surface area contributed by atoms with Gasteiger partial charge < -0.3 is 24.7 Å². The predicted octanol–water partition coefficient (Wildman–Crippen LogP) is 6.87. The molecule has 1 saturated heterocycles. The molecule has 10 nitrogen and oxygen atoms in total. The number of nitrogens with two attached hydrogens (primary N) is 1. The van der Waals surface area contributed by atoms with Gasteiger partial charge in [0, 0.05) is 61.4 Å². The van der Waals surface area contributed by atoms with Crippen molar-refractivity contribution in [1.82, 2.24) is 19.9 Å². The Labute approximate surface area is 280 Å². The SMILES string of the molecule is C=C/C(=C\N(C)N)c1cnc(N(Cc2cc(C(F)(F)F)cc(C(F)(F)F)c2)[C@H]2C[C@@H](C)N(C(=O)O[C@H]3CC[C@H](C(=O)O)CC3)[C@@H](C)C2)nc1. The molecule has 3 N–H and O–H groups in total. The highest BCUT2D eigenvalue weighted by atomic mass is 19.4. The summed E-state index contributed by atoms with van der Waals surface area (Å²) in [6, 6.07) is 0.0653. The predicted molar refractivity (Wildman–Crippen MR) is 168 cm³/mol. The fourth-order valence-electron chi connectivity index (χ4n) is 6.54. The van der Waals surface area contributed by atoms with E-state index in [1.807, 2.05) is 0 Å². The minimum Gasteiger partial charge on any atom is -0.481 e. The molecule has 0 radical (unpaired) electrons. The Morgan fingerprint density at radius 3 is 1.98 bits per heavy atom. The van der Waals surface area contributed by atoms with E-state index in [0.29, 0.717) is 49.0 Å². The standard InChI is InChI=1S/C33H40F6N6O4/c1-5-22(18-43(4)40)24-15-41-30(42-16-24)44(17-21-12-25(32(34,35)36)14-26(13-21)33(37,38)39)27-10-19(2)45(20(3)11-27)31(48)49-28-8-6-23(7-9-28)29(46)47/h5,12-16,18-20,23,27-28H,1,6-11,17,40H2,2-4H3,(H,46,47)/b22-18+/t19-,20+,23-,27+,28-. The lowest BCUT2D eigenvalue weighted by Crippen LogP contribution is -2.56. The van der Waals surface area contributed by atoms with Crippen LogP contribution in [0.4, 0.5) is 37.1 Å². The van der Waals surface area contributed by atoms with Crippen LogP contribution in [0.1, 0.15) is 74.6 Å². The number of aromatic nitrogens is 2. The number of halogens is 6. The van der Waals surface area contributed by atoms with Crippen LogP contribution in [-0.4, -0.2) is 68.3 Å². The molecule has 1 saturated carbocycles. The summed E-state index contributed by atoms with van der Waals surface area (Å²) in [7, 11) is 1.60. The first-order valence-corrected chi connectivity index (χ1v) is 15.8. The number of likely N-dealkylation sites (tertiary alicyclic amines) is 1. The van der Waals surface area contributed by atoms with E-state index in [4.69, 9.17) is 10.6 Å². The maximum absolute atomic E-state index is 13.7. The average Bonchev–Trinajstić information content (AvgIpc) is 3.01. The molecular formula is C33H40F6N6O4. The van der Waals surface area contributed by atoms with E-state index in [1.165, 1.54) is 23.5 Å². The summed E-state index contributed by atoms with van der Waals surface area (Å²) in [6.07, 6.45) is -2.85. The summed E-state index contributed by atoms with van der Waals surface area (Å²) in [4.78, 5) is 36.6. The number of anilines is 1. The van der Waals surface area contributed by atoms with Crippen molar-refractivity contribution in [2.24, 2.45) is 11.8 Å². The van der Waals surface area contributed by atoms with Crippen molar-refractivity contribution in [3.63, 3.8) is 0 Å². The largest absolute Gasteiger partial charge is 0.481 e. The molecule has 0 unspecified atom stereocenters. The van der Waals surface area contributed by atoms with Crippen LogP contribution >= 0.6 is 0 Å². The number of hydrazine groups is 1. The van der Waals surface area contributed by atoms with Gasteiger partial charge in [0.2, 0.25) is 5.95 Å². The van der Waals surface area contributed by atoms with Crippen LogP contribution in [0.25, 0.3) is 5.57 Å². The summed E-state index contributed by atoms with van der Waals surface area (Å²) in [5.41, 5.74) is -2.02.